The lowest BCUT2D eigenvalue weighted by atomic mass is 9.32. The first-order chi connectivity index (χ1) is 14.0. The van der Waals surface area contributed by atoms with Crippen molar-refractivity contribution in [2.24, 2.45) is 50.7 Å². The predicted octanol–water partition coefficient (Wildman–Crippen LogP) is 5.17. The van der Waals surface area contributed by atoms with Gasteiger partial charge in [-0.1, -0.05) is 34.6 Å². The maximum atomic E-state index is 11.1. The van der Waals surface area contributed by atoms with E-state index < -0.39 is 0 Å². The van der Waals surface area contributed by atoms with Crippen molar-refractivity contribution >= 4 is 0 Å². The summed E-state index contributed by atoms with van der Waals surface area (Å²) in [4.78, 5) is 0. The summed E-state index contributed by atoms with van der Waals surface area (Å²) in [5, 5.41) is 32.3. The molecule has 3 heteroatoms. The summed E-state index contributed by atoms with van der Waals surface area (Å²) in [6.07, 6.45) is 10.9. The molecule has 4 unspecified atom stereocenters. The van der Waals surface area contributed by atoms with E-state index in [1.165, 1.54) is 32.1 Å². The van der Waals surface area contributed by atoms with Crippen LogP contribution in [-0.2, 0) is 0 Å². The standard InChI is InChI=1S/C27H46O3/c1-23(2)19-9-12-26(5)20(24(19,3)11-10-21(23)30)7-6-17-22-18(29)8-13-27(22,16-28)15-14-25(17,26)4/h17-22,28-30H,6-16H2,1-5H3/t17?,18?,19-,20?,21-,22?,24-,25+,26+,27+/m0/s1. The van der Waals surface area contributed by atoms with Crippen LogP contribution in [0.1, 0.15) is 98.8 Å². The molecule has 5 aliphatic rings. The lowest BCUT2D eigenvalue weighted by Crippen LogP contribution is -2.67. The van der Waals surface area contributed by atoms with Gasteiger partial charge in [-0.3, -0.25) is 0 Å². The zero-order valence-corrected chi connectivity index (χ0v) is 20.1. The third-order valence-corrected chi connectivity index (χ3v) is 12.9. The zero-order valence-electron chi connectivity index (χ0n) is 20.1. The Kier molecular flexibility index (Phi) is 4.69. The molecule has 3 nitrogen and oxygen atoms in total. The number of rotatable bonds is 1. The summed E-state index contributed by atoms with van der Waals surface area (Å²) in [6.45, 7) is 12.6. The SMILES string of the molecule is CC1(C)[C@@H](O)CC[C@]2(C)C3CCC4C5C(O)CC[C@]5(CO)CC[C@@]4(C)[C@]3(C)CC[C@@H]12. The first kappa shape index (κ1) is 21.7. The van der Waals surface area contributed by atoms with Crippen molar-refractivity contribution < 1.29 is 15.3 Å². The molecule has 5 aliphatic carbocycles. The number of fused-ring (bicyclic) bond motifs is 7. The highest BCUT2D eigenvalue weighted by Gasteiger charge is 2.70. The van der Waals surface area contributed by atoms with Gasteiger partial charge in [-0.2, -0.15) is 0 Å². The summed E-state index contributed by atoms with van der Waals surface area (Å²) >= 11 is 0. The van der Waals surface area contributed by atoms with Crippen LogP contribution in [-0.4, -0.2) is 34.1 Å². The van der Waals surface area contributed by atoms with E-state index in [0.717, 1.165) is 32.1 Å². The van der Waals surface area contributed by atoms with E-state index in [9.17, 15) is 15.3 Å². The highest BCUT2D eigenvalue weighted by atomic mass is 16.3. The highest BCUT2D eigenvalue weighted by molar-refractivity contribution is 5.19. The van der Waals surface area contributed by atoms with Crippen LogP contribution >= 0.6 is 0 Å². The molecule has 0 aromatic heterocycles. The van der Waals surface area contributed by atoms with Gasteiger partial charge in [0.2, 0.25) is 0 Å². The maximum Gasteiger partial charge on any atom is 0.0594 e. The summed E-state index contributed by atoms with van der Waals surface area (Å²) in [5.41, 5.74) is 0.836. The van der Waals surface area contributed by atoms with E-state index in [1.54, 1.807) is 0 Å². The van der Waals surface area contributed by atoms with Crippen LogP contribution < -0.4 is 0 Å². The Labute approximate surface area is 184 Å². The fraction of sp³-hybridized carbons (Fsp3) is 1.00. The summed E-state index contributed by atoms with van der Waals surface area (Å²) in [6, 6.07) is 0. The average molecular weight is 419 g/mol. The molecule has 5 saturated carbocycles. The third kappa shape index (κ3) is 2.39. The van der Waals surface area contributed by atoms with Gasteiger partial charge >= 0.3 is 0 Å². The Morgan fingerprint density at radius 3 is 2.13 bits per heavy atom. The highest BCUT2D eigenvalue weighted by Crippen LogP contribution is 2.76. The molecular weight excluding hydrogens is 372 g/mol. The number of hydrogen-bond donors (Lipinski definition) is 3. The van der Waals surface area contributed by atoms with E-state index in [2.05, 4.69) is 34.6 Å². The predicted molar refractivity (Wildman–Crippen MR) is 120 cm³/mol. The van der Waals surface area contributed by atoms with Crippen LogP contribution in [0.3, 0.4) is 0 Å². The minimum atomic E-state index is -0.224. The molecule has 0 saturated heterocycles. The maximum absolute atomic E-state index is 11.1. The molecule has 5 rings (SSSR count). The largest absolute Gasteiger partial charge is 0.396 e. The van der Waals surface area contributed by atoms with E-state index in [1.807, 2.05) is 0 Å². The van der Waals surface area contributed by atoms with Gasteiger partial charge in [-0.05, 0) is 115 Å². The summed E-state index contributed by atoms with van der Waals surface area (Å²) in [7, 11) is 0. The molecular formula is C27H46O3. The monoisotopic (exact) mass is 418 g/mol. The molecule has 10 atom stereocenters. The Morgan fingerprint density at radius 1 is 0.700 bits per heavy atom. The molecule has 172 valence electrons. The second kappa shape index (κ2) is 6.48. The Balaban J connectivity index is 1.54. The first-order valence-corrected chi connectivity index (χ1v) is 12.9. The number of hydrogen-bond acceptors (Lipinski definition) is 3. The lowest BCUT2D eigenvalue weighted by Gasteiger charge is -2.72. The van der Waals surface area contributed by atoms with Crippen molar-refractivity contribution in [2.45, 2.75) is 111 Å². The topological polar surface area (TPSA) is 60.7 Å². The molecule has 0 bridgehead atoms. The Bertz CT molecular complexity index is 704. The molecule has 0 aliphatic heterocycles. The van der Waals surface area contributed by atoms with Gasteiger partial charge in [-0.15, -0.1) is 0 Å². The van der Waals surface area contributed by atoms with Crippen LogP contribution in [0.15, 0.2) is 0 Å². The lowest BCUT2D eigenvalue weighted by molar-refractivity contribution is -0.252. The van der Waals surface area contributed by atoms with E-state index in [0.29, 0.717) is 28.6 Å². The normalized spacial score (nSPS) is 59.6. The molecule has 5 fully saturated rings. The van der Waals surface area contributed by atoms with Crippen LogP contribution in [0.5, 0.6) is 0 Å². The van der Waals surface area contributed by atoms with Gasteiger partial charge in [0, 0.05) is 6.61 Å². The molecule has 0 amide bonds. The zero-order chi connectivity index (χ0) is 21.7. The van der Waals surface area contributed by atoms with Gasteiger partial charge in [-0.25, -0.2) is 0 Å². The minimum Gasteiger partial charge on any atom is -0.396 e. The van der Waals surface area contributed by atoms with Crippen molar-refractivity contribution in [1.82, 2.24) is 0 Å². The first-order valence-electron chi connectivity index (χ1n) is 12.9. The van der Waals surface area contributed by atoms with Gasteiger partial charge in [0.25, 0.3) is 0 Å². The number of aliphatic hydroxyl groups excluding tert-OH is 3. The third-order valence-electron chi connectivity index (χ3n) is 12.9. The van der Waals surface area contributed by atoms with E-state index in [4.69, 9.17) is 0 Å². The van der Waals surface area contributed by atoms with Crippen LogP contribution in [0.4, 0.5) is 0 Å². The molecule has 0 radical (unpaired) electrons. The number of aliphatic hydroxyl groups is 3. The molecule has 0 spiro atoms. The minimum absolute atomic E-state index is 0.00629. The van der Waals surface area contributed by atoms with E-state index in [-0.39, 0.29) is 41.0 Å². The van der Waals surface area contributed by atoms with Gasteiger partial charge < -0.3 is 15.3 Å². The average Bonchev–Trinajstić information content (AvgIpc) is 3.03. The molecule has 30 heavy (non-hydrogen) atoms. The molecule has 0 aromatic rings. The summed E-state index contributed by atoms with van der Waals surface area (Å²) in [5.74, 6) is 2.13. The quantitative estimate of drug-likeness (QED) is 0.551. The van der Waals surface area contributed by atoms with Crippen LogP contribution in [0.25, 0.3) is 0 Å². The second-order valence-corrected chi connectivity index (χ2v) is 13.7. The molecule has 0 aromatic carbocycles. The van der Waals surface area contributed by atoms with Crippen LogP contribution in [0, 0.1) is 50.7 Å². The van der Waals surface area contributed by atoms with Crippen molar-refractivity contribution in [1.29, 1.82) is 0 Å². The smallest absolute Gasteiger partial charge is 0.0594 e. The summed E-state index contributed by atoms with van der Waals surface area (Å²) < 4.78 is 0. The molecule has 0 heterocycles. The van der Waals surface area contributed by atoms with Gasteiger partial charge in [0.05, 0.1) is 12.2 Å². The van der Waals surface area contributed by atoms with Crippen molar-refractivity contribution in [3.05, 3.63) is 0 Å². The van der Waals surface area contributed by atoms with Crippen molar-refractivity contribution in [2.75, 3.05) is 6.61 Å². The second-order valence-electron chi connectivity index (χ2n) is 13.7. The molecule has 3 N–H and O–H groups in total. The van der Waals surface area contributed by atoms with Crippen molar-refractivity contribution in [3.8, 4) is 0 Å². The van der Waals surface area contributed by atoms with Gasteiger partial charge in [0.1, 0.15) is 0 Å². The van der Waals surface area contributed by atoms with Gasteiger partial charge in [0.15, 0.2) is 0 Å². The van der Waals surface area contributed by atoms with Crippen molar-refractivity contribution in [3.63, 3.8) is 0 Å². The van der Waals surface area contributed by atoms with Crippen LogP contribution in [0.2, 0.25) is 0 Å². The Morgan fingerprint density at radius 2 is 1.43 bits per heavy atom. The van der Waals surface area contributed by atoms with E-state index >= 15 is 0 Å². The fourth-order valence-electron chi connectivity index (χ4n) is 11.0. The fourth-order valence-corrected chi connectivity index (χ4v) is 11.0. The Hall–Kier alpha value is -0.120.